The second kappa shape index (κ2) is 5.88. The maximum absolute atomic E-state index is 9.62. The van der Waals surface area contributed by atoms with Gasteiger partial charge >= 0.3 is 6.16 Å². The van der Waals surface area contributed by atoms with Gasteiger partial charge in [0.1, 0.15) is 0 Å². The molecule has 0 saturated carbocycles. The largest absolute Gasteiger partial charge is 0.549 e. The first-order valence-electron chi connectivity index (χ1n) is 2.67. The zero-order chi connectivity index (χ0) is 7.11. The fraction of sp³-hybridized carbons (Fsp3) is 0.800. The Balaban J connectivity index is 2.83. The average Bonchev–Trinajstić information content (AvgIpc) is 1.80. The molecule has 0 atom stereocenters. The highest BCUT2D eigenvalue weighted by Gasteiger charge is 1.96. The summed E-state index contributed by atoms with van der Waals surface area (Å²) in [6.45, 7) is 0.244. The summed E-state index contributed by atoms with van der Waals surface area (Å²) < 4.78 is 4.13. The Bertz CT molecular complexity index is 84.3. The molecule has 0 N–H and O–H groups in total. The number of hydrogen-bond donors (Lipinski definition) is 0. The molecule has 3 nitrogen and oxygen atoms in total. The van der Waals surface area contributed by atoms with Gasteiger partial charge in [0.2, 0.25) is 0 Å². The van der Waals surface area contributed by atoms with E-state index in [0.717, 1.165) is 18.2 Å². The lowest BCUT2D eigenvalue weighted by molar-refractivity contribution is 0.0669. The maximum atomic E-state index is 9.62. The van der Waals surface area contributed by atoms with E-state index in [1.807, 2.05) is 0 Å². The molecule has 0 amide bonds. The lowest BCUT2D eigenvalue weighted by Crippen LogP contribution is -1.99. The van der Waals surface area contributed by atoms with Crippen LogP contribution in [0.3, 0.4) is 0 Å². The Kier molecular flexibility index (Phi) is 5.72. The third kappa shape index (κ3) is 7.75. The van der Waals surface area contributed by atoms with Gasteiger partial charge in [0.25, 0.3) is 0 Å². The molecule has 53 valence electrons. The Labute approximate surface area is 62.1 Å². The van der Waals surface area contributed by atoms with Crippen molar-refractivity contribution < 1.29 is 14.6 Å². The van der Waals surface area contributed by atoms with Gasteiger partial charge in [-0.2, -0.15) is 9.90 Å². The van der Waals surface area contributed by atoms with Gasteiger partial charge in [0, 0.05) is 5.33 Å². The molecule has 0 aliphatic carbocycles. The summed E-state index contributed by atoms with van der Waals surface area (Å²) in [7, 11) is 0. The maximum Gasteiger partial charge on any atom is 0.549 e. The summed E-state index contributed by atoms with van der Waals surface area (Å²) in [6, 6.07) is 0. The fourth-order valence-corrected chi connectivity index (χ4v) is 0.749. The first-order chi connectivity index (χ1) is 4.27. The highest BCUT2D eigenvalue weighted by molar-refractivity contribution is 9.09. The first kappa shape index (κ1) is 8.75. The molecule has 0 rings (SSSR count). The molecule has 0 fully saturated rings. The Morgan fingerprint density at radius 1 is 1.44 bits per heavy atom. The van der Waals surface area contributed by atoms with Crippen LogP contribution < -0.4 is 0 Å². The van der Waals surface area contributed by atoms with Crippen molar-refractivity contribution in [2.75, 3.05) is 11.9 Å². The number of alkyl halides is 1. The molecule has 0 aliphatic rings. The minimum absolute atomic E-state index is 0.244. The van der Waals surface area contributed by atoms with E-state index in [-0.39, 0.29) is 6.61 Å². The molecular weight excluding hydrogens is 188 g/mol. The van der Waals surface area contributed by atoms with Crippen molar-refractivity contribution in [1.29, 1.82) is 0 Å². The molecule has 0 unspecified atom stereocenters. The molecule has 0 heterocycles. The second-order valence-corrected chi connectivity index (χ2v) is 2.29. The van der Waals surface area contributed by atoms with Gasteiger partial charge in [0.15, 0.2) is 0 Å². The number of hydrogen-bond acceptors (Lipinski definition) is 2. The number of carbonyl (C=O) groups excluding carboxylic acids is 1. The average molecular weight is 196 g/mol. The number of unbranched alkanes of at least 4 members (excludes halogenated alkanes) is 1. The summed E-state index contributed by atoms with van der Waals surface area (Å²) in [6.07, 6.45) is 0.233. The Morgan fingerprint density at radius 2 is 2.11 bits per heavy atom. The molecule has 0 aromatic heterocycles. The van der Waals surface area contributed by atoms with Crippen molar-refractivity contribution in [3.8, 4) is 0 Å². The first-order valence-corrected chi connectivity index (χ1v) is 3.79. The minimum atomic E-state index is -1.44. The van der Waals surface area contributed by atoms with Crippen LogP contribution in [0.5, 0.6) is 0 Å². The van der Waals surface area contributed by atoms with E-state index in [2.05, 4.69) is 20.7 Å². The third-order valence-electron chi connectivity index (χ3n) is 0.748. The zero-order valence-electron chi connectivity index (χ0n) is 4.93. The van der Waals surface area contributed by atoms with Crippen LogP contribution in [-0.4, -0.2) is 18.1 Å². The monoisotopic (exact) mass is 195 g/mol. The summed E-state index contributed by atoms with van der Waals surface area (Å²) in [5.74, 6) is 0. The molecule has 4 heteroatoms. The van der Waals surface area contributed by atoms with Gasteiger partial charge in [-0.05, 0) is 12.8 Å². The van der Waals surface area contributed by atoms with E-state index in [1.165, 1.54) is 0 Å². The van der Waals surface area contributed by atoms with Gasteiger partial charge in [-0.1, -0.05) is 15.9 Å². The van der Waals surface area contributed by atoms with E-state index in [4.69, 9.17) is 0 Å². The van der Waals surface area contributed by atoms with Crippen LogP contribution in [0.1, 0.15) is 12.8 Å². The smallest absolute Gasteiger partial charge is 0.432 e. The number of rotatable bonds is 4. The lowest BCUT2D eigenvalue weighted by Gasteiger charge is -1.94. The van der Waals surface area contributed by atoms with Crippen molar-refractivity contribution >= 4 is 22.1 Å². The van der Waals surface area contributed by atoms with Crippen molar-refractivity contribution in [1.82, 2.24) is 0 Å². The van der Waals surface area contributed by atoms with E-state index in [9.17, 15) is 9.90 Å². The summed E-state index contributed by atoms with van der Waals surface area (Å²) in [5, 5.41) is 10.5. The van der Waals surface area contributed by atoms with Crippen LogP contribution in [0.4, 0.5) is 4.79 Å². The van der Waals surface area contributed by atoms with Crippen molar-refractivity contribution in [3.05, 3.63) is 0 Å². The quantitative estimate of drug-likeness (QED) is 0.390. The standard InChI is InChI=1S/C5H8BrO3/c6-3-1-2-4-9-5(7)8/h1-4H2. The fourth-order valence-electron chi connectivity index (χ4n) is 0.352. The lowest BCUT2D eigenvalue weighted by atomic mass is 10.4. The van der Waals surface area contributed by atoms with E-state index >= 15 is 0 Å². The summed E-state index contributed by atoms with van der Waals surface area (Å²) >= 11 is 3.20. The van der Waals surface area contributed by atoms with Crippen LogP contribution in [0.2, 0.25) is 0 Å². The van der Waals surface area contributed by atoms with Crippen molar-refractivity contribution in [3.63, 3.8) is 0 Å². The van der Waals surface area contributed by atoms with Gasteiger partial charge in [0.05, 0.1) is 6.61 Å². The number of halogens is 1. The molecule has 0 saturated heterocycles. The predicted octanol–water partition coefficient (Wildman–Crippen LogP) is 1.73. The van der Waals surface area contributed by atoms with Gasteiger partial charge < -0.3 is 4.74 Å². The highest BCUT2D eigenvalue weighted by atomic mass is 79.9. The van der Waals surface area contributed by atoms with E-state index in [1.54, 1.807) is 0 Å². The van der Waals surface area contributed by atoms with Crippen LogP contribution in [0.25, 0.3) is 0 Å². The SMILES string of the molecule is [O]C(=O)OCCCCBr. The Morgan fingerprint density at radius 3 is 2.56 bits per heavy atom. The Hall–Kier alpha value is -0.250. The normalized spacial score (nSPS) is 9.00. The summed E-state index contributed by atoms with van der Waals surface area (Å²) in [5.41, 5.74) is 0. The molecule has 0 bridgehead atoms. The second-order valence-electron chi connectivity index (χ2n) is 1.49. The van der Waals surface area contributed by atoms with Crippen LogP contribution >= 0.6 is 15.9 Å². The number of ether oxygens (including phenoxy) is 1. The van der Waals surface area contributed by atoms with Crippen LogP contribution in [0.15, 0.2) is 0 Å². The summed E-state index contributed by atoms with van der Waals surface area (Å²) in [4.78, 5) is 9.62. The van der Waals surface area contributed by atoms with Gasteiger partial charge in [-0.25, -0.2) is 0 Å². The van der Waals surface area contributed by atoms with Crippen molar-refractivity contribution in [2.45, 2.75) is 12.8 Å². The minimum Gasteiger partial charge on any atom is -0.432 e. The zero-order valence-corrected chi connectivity index (χ0v) is 6.52. The predicted molar refractivity (Wildman–Crippen MR) is 35.1 cm³/mol. The molecule has 0 aliphatic heterocycles. The van der Waals surface area contributed by atoms with Gasteiger partial charge in [-0.3, -0.25) is 0 Å². The molecule has 1 radical (unpaired) electrons. The van der Waals surface area contributed by atoms with Crippen LogP contribution in [0, 0.1) is 0 Å². The van der Waals surface area contributed by atoms with Crippen LogP contribution in [-0.2, 0) is 9.84 Å². The molecule has 0 spiro atoms. The van der Waals surface area contributed by atoms with E-state index in [0.29, 0.717) is 0 Å². The topological polar surface area (TPSA) is 46.2 Å². The molecule has 0 aromatic rings. The molecule has 9 heavy (non-hydrogen) atoms. The van der Waals surface area contributed by atoms with E-state index < -0.39 is 6.16 Å². The molecule has 0 aromatic carbocycles. The van der Waals surface area contributed by atoms with Gasteiger partial charge in [-0.15, -0.1) is 0 Å². The van der Waals surface area contributed by atoms with Crippen molar-refractivity contribution in [2.24, 2.45) is 0 Å². The molecular formula is C5H8BrO3. The number of carbonyl (C=O) groups is 1. The highest BCUT2D eigenvalue weighted by Crippen LogP contribution is 1.93. The third-order valence-corrected chi connectivity index (χ3v) is 1.31.